The number of imide groups is 1. The van der Waals surface area contributed by atoms with E-state index in [2.05, 4.69) is 17.4 Å². The van der Waals surface area contributed by atoms with Gasteiger partial charge in [-0.2, -0.15) is 0 Å². The highest BCUT2D eigenvalue weighted by molar-refractivity contribution is 8.13. The zero-order chi connectivity index (χ0) is 21.1. The summed E-state index contributed by atoms with van der Waals surface area (Å²) in [5.41, 5.74) is 2.33. The minimum Gasteiger partial charge on any atom is -0.497 e. The number of benzene rings is 2. The molecule has 2 aromatic rings. The monoisotopic (exact) mass is 424 g/mol. The number of hydrogen-bond donors (Lipinski definition) is 1. The number of amides is 3. The molecule has 7 nitrogen and oxygen atoms in total. The van der Waals surface area contributed by atoms with Crippen LogP contribution in [-0.2, 0) is 17.0 Å². The predicted octanol–water partition coefficient (Wildman–Crippen LogP) is 2.72. The van der Waals surface area contributed by atoms with Crippen LogP contribution in [0.15, 0.2) is 59.6 Å². The van der Waals surface area contributed by atoms with Gasteiger partial charge in [0, 0.05) is 19.3 Å². The Balaban J connectivity index is 1.52. The molecular formula is C22H24N4O3S. The number of nitrogens with zero attached hydrogens (tertiary/aromatic N) is 3. The third-order valence-corrected chi connectivity index (χ3v) is 6.41. The van der Waals surface area contributed by atoms with E-state index >= 15 is 0 Å². The number of thioether (sulfide) groups is 1. The quantitative estimate of drug-likeness (QED) is 0.772. The standard InChI is InChI=1S/C22H24N4O3S/c1-25-19-18(20(27)24-21(25)28)26(13-12-15-8-10-17(29-2)11-9-15)22(23-19)30-14-16-6-4-3-5-7-16/h3-11,18-19H,12-14H2,1-2H3,(H,24,27,28). The van der Waals surface area contributed by atoms with Crippen LogP contribution in [0.5, 0.6) is 5.75 Å². The molecule has 2 aromatic carbocycles. The summed E-state index contributed by atoms with van der Waals surface area (Å²) in [4.78, 5) is 33.0. The minimum atomic E-state index is -0.510. The van der Waals surface area contributed by atoms with Gasteiger partial charge in [0.25, 0.3) is 5.91 Å². The first kappa shape index (κ1) is 20.3. The summed E-state index contributed by atoms with van der Waals surface area (Å²) in [5.74, 6) is 1.27. The zero-order valence-corrected chi connectivity index (χ0v) is 17.8. The van der Waals surface area contributed by atoms with Gasteiger partial charge in [0.15, 0.2) is 17.4 Å². The summed E-state index contributed by atoms with van der Waals surface area (Å²) < 4.78 is 5.22. The largest absolute Gasteiger partial charge is 0.497 e. The van der Waals surface area contributed by atoms with Crippen LogP contribution >= 0.6 is 11.8 Å². The van der Waals surface area contributed by atoms with Crippen molar-refractivity contribution in [2.45, 2.75) is 24.4 Å². The van der Waals surface area contributed by atoms with E-state index in [0.29, 0.717) is 6.54 Å². The lowest BCUT2D eigenvalue weighted by Crippen LogP contribution is -2.63. The van der Waals surface area contributed by atoms with E-state index in [-0.39, 0.29) is 5.91 Å². The number of ether oxygens (including phenoxy) is 1. The third-order valence-electron chi connectivity index (χ3n) is 5.33. The third kappa shape index (κ3) is 4.14. The highest BCUT2D eigenvalue weighted by Gasteiger charge is 2.48. The summed E-state index contributed by atoms with van der Waals surface area (Å²) in [5, 5.41) is 3.24. The van der Waals surface area contributed by atoms with Crippen LogP contribution in [-0.4, -0.2) is 59.8 Å². The average Bonchev–Trinajstić information content (AvgIpc) is 3.15. The molecule has 8 heteroatoms. The maximum atomic E-state index is 12.7. The lowest BCUT2D eigenvalue weighted by atomic mass is 10.1. The molecule has 2 aliphatic rings. The van der Waals surface area contributed by atoms with E-state index in [0.717, 1.165) is 28.7 Å². The van der Waals surface area contributed by atoms with Gasteiger partial charge in [-0.05, 0) is 29.7 Å². The van der Waals surface area contributed by atoms with E-state index in [4.69, 9.17) is 9.73 Å². The summed E-state index contributed by atoms with van der Waals surface area (Å²) in [6.45, 7) is 0.629. The van der Waals surface area contributed by atoms with Crippen molar-refractivity contribution in [3.05, 3.63) is 65.7 Å². The van der Waals surface area contributed by atoms with E-state index in [1.807, 2.05) is 47.4 Å². The first-order chi connectivity index (χ1) is 14.6. The molecular weight excluding hydrogens is 400 g/mol. The van der Waals surface area contributed by atoms with E-state index < -0.39 is 18.2 Å². The van der Waals surface area contributed by atoms with Gasteiger partial charge in [-0.15, -0.1) is 0 Å². The van der Waals surface area contributed by atoms with Crippen LogP contribution in [0.3, 0.4) is 0 Å². The second-order valence-electron chi connectivity index (χ2n) is 7.24. The molecule has 1 saturated heterocycles. The van der Waals surface area contributed by atoms with Gasteiger partial charge in [0.2, 0.25) is 0 Å². The highest BCUT2D eigenvalue weighted by atomic mass is 32.2. The molecule has 0 aromatic heterocycles. The molecule has 30 heavy (non-hydrogen) atoms. The summed E-state index contributed by atoms with van der Waals surface area (Å²) >= 11 is 1.60. The van der Waals surface area contributed by atoms with Crippen LogP contribution in [0.1, 0.15) is 11.1 Å². The number of hydrogen-bond acceptors (Lipinski definition) is 6. The molecule has 0 spiro atoms. The van der Waals surface area contributed by atoms with Crippen LogP contribution < -0.4 is 10.1 Å². The molecule has 2 unspecified atom stereocenters. The molecule has 1 N–H and O–H groups in total. The number of fused-ring (bicyclic) bond motifs is 1. The van der Waals surface area contributed by atoms with Crippen molar-refractivity contribution in [1.29, 1.82) is 0 Å². The first-order valence-electron chi connectivity index (χ1n) is 9.78. The van der Waals surface area contributed by atoms with Crippen molar-refractivity contribution in [2.24, 2.45) is 4.99 Å². The van der Waals surface area contributed by atoms with Crippen molar-refractivity contribution < 1.29 is 14.3 Å². The Bertz CT molecular complexity index is 949. The maximum absolute atomic E-state index is 12.7. The van der Waals surface area contributed by atoms with Gasteiger partial charge in [-0.1, -0.05) is 54.2 Å². The van der Waals surface area contributed by atoms with Gasteiger partial charge in [0.05, 0.1) is 7.11 Å². The average molecular weight is 425 g/mol. The first-order valence-corrected chi connectivity index (χ1v) is 10.8. The lowest BCUT2D eigenvalue weighted by molar-refractivity contribution is -0.127. The molecule has 0 saturated carbocycles. The number of nitrogens with one attached hydrogen (secondary N) is 1. The van der Waals surface area contributed by atoms with Gasteiger partial charge >= 0.3 is 6.03 Å². The number of likely N-dealkylation sites (N-methyl/N-ethyl adjacent to an activating group) is 1. The van der Waals surface area contributed by atoms with Gasteiger partial charge < -0.3 is 14.5 Å². The van der Waals surface area contributed by atoms with Gasteiger partial charge in [-0.3, -0.25) is 10.1 Å². The SMILES string of the molecule is COc1ccc(CCN2C(SCc3ccccc3)=NC3C2C(=O)NC(=O)N3C)cc1. The van der Waals surface area contributed by atoms with Crippen LogP contribution in [0.25, 0.3) is 0 Å². The van der Waals surface area contributed by atoms with E-state index in [1.54, 1.807) is 25.9 Å². The van der Waals surface area contributed by atoms with Crippen LogP contribution in [0, 0.1) is 0 Å². The molecule has 156 valence electrons. The number of carbonyl (C=O) groups excluding carboxylic acids is 2. The Hall–Kier alpha value is -3.00. The Labute approximate surface area is 180 Å². The van der Waals surface area contributed by atoms with Crippen molar-refractivity contribution >= 4 is 28.9 Å². The van der Waals surface area contributed by atoms with Crippen LogP contribution in [0.4, 0.5) is 4.79 Å². The highest BCUT2D eigenvalue weighted by Crippen LogP contribution is 2.30. The second kappa shape index (κ2) is 8.79. The maximum Gasteiger partial charge on any atom is 0.325 e. The lowest BCUT2D eigenvalue weighted by Gasteiger charge is -2.36. The number of rotatable bonds is 6. The summed E-state index contributed by atoms with van der Waals surface area (Å²) in [6.07, 6.45) is 0.253. The fourth-order valence-electron chi connectivity index (χ4n) is 3.62. The van der Waals surface area contributed by atoms with Crippen molar-refractivity contribution in [2.75, 3.05) is 20.7 Å². The fourth-order valence-corrected chi connectivity index (χ4v) is 4.66. The normalized spacial score (nSPS) is 20.7. The zero-order valence-electron chi connectivity index (χ0n) is 16.9. The molecule has 2 atom stereocenters. The minimum absolute atomic E-state index is 0.295. The molecule has 3 amide bonds. The van der Waals surface area contributed by atoms with Gasteiger partial charge in [-0.25, -0.2) is 9.79 Å². The summed E-state index contributed by atoms with van der Waals surface area (Å²) in [6, 6.07) is 17.1. The second-order valence-corrected chi connectivity index (χ2v) is 8.18. The number of aliphatic imine (C=N–C) groups is 1. The molecule has 4 rings (SSSR count). The van der Waals surface area contributed by atoms with Crippen molar-refractivity contribution in [1.82, 2.24) is 15.1 Å². The molecule has 0 radical (unpaired) electrons. The number of methoxy groups -OCH3 is 1. The number of urea groups is 1. The molecule has 2 heterocycles. The number of carbonyl (C=O) groups is 2. The summed E-state index contributed by atoms with van der Waals surface area (Å²) in [7, 11) is 3.32. The Kier molecular flexibility index (Phi) is 5.94. The van der Waals surface area contributed by atoms with Crippen molar-refractivity contribution in [3.8, 4) is 5.75 Å². The Morgan fingerprint density at radius 2 is 1.80 bits per heavy atom. The molecule has 0 aliphatic carbocycles. The van der Waals surface area contributed by atoms with E-state index in [9.17, 15) is 9.59 Å². The van der Waals surface area contributed by atoms with Crippen molar-refractivity contribution in [3.63, 3.8) is 0 Å². The predicted molar refractivity (Wildman–Crippen MR) is 117 cm³/mol. The molecule has 2 aliphatic heterocycles. The van der Waals surface area contributed by atoms with Crippen LogP contribution in [0.2, 0.25) is 0 Å². The fraction of sp³-hybridized carbons (Fsp3) is 0.318. The van der Waals surface area contributed by atoms with E-state index in [1.165, 1.54) is 10.5 Å². The number of amidine groups is 1. The smallest absolute Gasteiger partial charge is 0.325 e. The topological polar surface area (TPSA) is 74.2 Å². The molecule has 1 fully saturated rings. The molecule has 0 bridgehead atoms. The Morgan fingerprint density at radius 3 is 2.50 bits per heavy atom. The van der Waals surface area contributed by atoms with Gasteiger partial charge in [0.1, 0.15) is 5.75 Å². The Morgan fingerprint density at radius 1 is 1.07 bits per heavy atom.